The van der Waals surface area contributed by atoms with E-state index in [2.05, 4.69) is 5.32 Å². The second-order valence-electron chi connectivity index (χ2n) is 4.74. The zero-order valence-corrected chi connectivity index (χ0v) is 12.7. The zero-order valence-electron chi connectivity index (χ0n) is 11.9. The molecular formula is C16H17NO3S. The third-order valence-electron chi connectivity index (χ3n) is 3.16. The summed E-state index contributed by atoms with van der Waals surface area (Å²) in [6, 6.07) is 9.81. The number of rotatable bonds is 5. The highest BCUT2D eigenvalue weighted by Gasteiger charge is 2.20. The highest BCUT2D eigenvalue weighted by atomic mass is 32.1. The third-order valence-corrected chi connectivity index (χ3v) is 4.39. The minimum Gasteiger partial charge on any atom is -0.508 e. The number of carbonyl (C=O) groups is 2. The Kier molecular flexibility index (Phi) is 4.75. The number of nitrogens with one attached hydrogen (secondary N) is 1. The van der Waals surface area contributed by atoms with Crippen LogP contribution in [0.1, 0.15) is 40.0 Å². The minimum absolute atomic E-state index is 0.130. The lowest BCUT2D eigenvalue weighted by Gasteiger charge is -2.13. The fourth-order valence-corrected chi connectivity index (χ4v) is 2.83. The standard InChI is InChI=1S/C16H17NO3S/c1-3-13-7-8-14(21-13)15(19)16(20)17-10(2)11-5-4-6-12(18)9-11/h4-10,18H,3H2,1-2H3,(H,17,20). The summed E-state index contributed by atoms with van der Waals surface area (Å²) < 4.78 is 0. The van der Waals surface area contributed by atoms with Gasteiger partial charge in [0.15, 0.2) is 0 Å². The largest absolute Gasteiger partial charge is 0.508 e. The Morgan fingerprint density at radius 1 is 1.29 bits per heavy atom. The van der Waals surface area contributed by atoms with E-state index < -0.39 is 11.7 Å². The molecule has 2 N–H and O–H groups in total. The maximum Gasteiger partial charge on any atom is 0.293 e. The molecule has 0 radical (unpaired) electrons. The number of amides is 1. The molecule has 0 saturated heterocycles. The molecule has 1 unspecified atom stereocenters. The number of thiophene rings is 1. The van der Waals surface area contributed by atoms with Crippen LogP contribution in [0.15, 0.2) is 36.4 Å². The van der Waals surface area contributed by atoms with Crippen molar-refractivity contribution in [3.05, 3.63) is 51.7 Å². The van der Waals surface area contributed by atoms with Crippen molar-refractivity contribution in [3.63, 3.8) is 0 Å². The SMILES string of the molecule is CCc1ccc(C(=O)C(=O)NC(C)c2cccc(O)c2)s1. The van der Waals surface area contributed by atoms with Crippen molar-refractivity contribution < 1.29 is 14.7 Å². The smallest absolute Gasteiger partial charge is 0.293 e. The highest BCUT2D eigenvalue weighted by molar-refractivity contribution is 7.14. The summed E-state index contributed by atoms with van der Waals surface area (Å²) in [6.45, 7) is 3.77. The highest BCUT2D eigenvalue weighted by Crippen LogP contribution is 2.20. The van der Waals surface area contributed by atoms with Crippen LogP contribution < -0.4 is 5.32 Å². The average Bonchev–Trinajstić information content (AvgIpc) is 2.95. The summed E-state index contributed by atoms with van der Waals surface area (Å²) in [5.74, 6) is -1.02. The molecule has 0 aliphatic rings. The molecule has 0 saturated carbocycles. The number of aryl methyl sites for hydroxylation is 1. The number of ketones is 1. The summed E-state index contributed by atoms with van der Waals surface area (Å²) in [5.41, 5.74) is 0.747. The molecule has 0 spiro atoms. The molecule has 2 rings (SSSR count). The summed E-state index contributed by atoms with van der Waals surface area (Å²) >= 11 is 1.34. The third kappa shape index (κ3) is 3.70. The molecule has 5 heteroatoms. The van der Waals surface area contributed by atoms with Gasteiger partial charge in [0, 0.05) is 4.88 Å². The van der Waals surface area contributed by atoms with Crippen molar-refractivity contribution in [2.45, 2.75) is 26.3 Å². The lowest BCUT2D eigenvalue weighted by atomic mass is 10.1. The normalized spacial score (nSPS) is 11.9. The number of phenols is 1. The van der Waals surface area contributed by atoms with Crippen LogP contribution in [0.5, 0.6) is 5.75 Å². The van der Waals surface area contributed by atoms with Gasteiger partial charge in [0.25, 0.3) is 11.7 Å². The molecule has 21 heavy (non-hydrogen) atoms. The summed E-state index contributed by atoms with van der Waals surface area (Å²) in [5, 5.41) is 12.1. The van der Waals surface area contributed by atoms with Gasteiger partial charge >= 0.3 is 0 Å². The fourth-order valence-electron chi connectivity index (χ4n) is 1.94. The summed E-state index contributed by atoms with van der Waals surface area (Å²) in [7, 11) is 0. The van der Waals surface area contributed by atoms with Crippen molar-refractivity contribution >= 4 is 23.0 Å². The maximum atomic E-state index is 12.1. The van der Waals surface area contributed by atoms with E-state index in [4.69, 9.17) is 0 Å². The predicted octanol–water partition coefficient (Wildman–Crippen LogP) is 3.08. The molecule has 0 fully saturated rings. The van der Waals surface area contributed by atoms with Crippen molar-refractivity contribution in [2.24, 2.45) is 0 Å². The van der Waals surface area contributed by atoms with Gasteiger partial charge in [0.2, 0.25) is 0 Å². The van der Waals surface area contributed by atoms with Gasteiger partial charge < -0.3 is 10.4 Å². The summed E-state index contributed by atoms with van der Waals surface area (Å²) in [4.78, 5) is 25.6. The number of hydrogen-bond donors (Lipinski definition) is 2. The van der Waals surface area contributed by atoms with Crippen LogP contribution in [0, 0.1) is 0 Å². The average molecular weight is 303 g/mol. The van der Waals surface area contributed by atoms with E-state index in [-0.39, 0.29) is 11.8 Å². The van der Waals surface area contributed by atoms with Crippen molar-refractivity contribution in [1.29, 1.82) is 0 Å². The first-order chi connectivity index (χ1) is 10.0. The Balaban J connectivity index is 2.05. The topological polar surface area (TPSA) is 66.4 Å². The molecule has 0 aliphatic heterocycles. The minimum atomic E-state index is -0.629. The monoisotopic (exact) mass is 303 g/mol. The Labute approximate surface area is 127 Å². The van der Waals surface area contributed by atoms with E-state index in [0.29, 0.717) is 4.88 Å². The molecule has 0 bridgehead atoms. The summed E-state index contributed by atoms with van der Waals surface area (Å²) in [6.07, 6.45) is 0.846. The molecule has 0 aliphatic carbocycles. The molecule has 1 amide bonds. The van der Waals surface area contributed by atoms with Crippen molar-refractivity contribution in [2.75, 3.05) is 0 Å². The molecule has 1 aromatic heterocycles. The number of hydrogen-bond acceptors (Lipinski definition) is 4. The second kappa shape index (κ2) is 6.54. The van der Waals surface area contributed by atoms with Crippen LogP contribution in [0.3, 0.4) is 0 Å². The molecule has 110 valence electrons. The van der Waals surface area contributed by atoms with Gasteiger partial charge in [-0.2, -0.15) is 0 Å². The number of Topliss-reactive ketones (excluding diaryl/α,β-unsaturated/α-hetero) is 1. The maximum absolute atomic E-state index is 12.1. The van der Waals surface area contributed by atoms with Crippen LogP contribution in [0.4, 0.5) is 0 Å². The van der Waals surface area contributed by atoms with E-state index in [1.54, 1.807) is 37.3 Å². The van der Waals surface area contributed by atoms with Gasteiger partial charge in [-0.1, -0.05) is 19.1 Å². The van der Waals surface area contributed by atoms with Gasteiger partial charge in [-0.25, -0.2) is 0 Å². The fraction of sp³-hybridized carbons (Fsp3) is 0.250. The van der Waals surface area contributed by atoms with E-state index in [9.17, 15) is 14.7 Å². The first-order valence-corrected chi connectivity index (χ1v) is 7.55. The molecule has 1 heterocycles. The lowest BCUT2D eigenvalue weighted by Crippen LogP contribution is -2.32. The van der Waals surface area contributed by atoms with E-state index >= 15 is 0 Å². The predicted molar refractivity (Wildman–Crippen MR) is 82.7 cm³/mol. The molecular weight excluding hydrogens is 286 g/mol. The van der Waals surface area contributed by atoms with Crippen molar-refractivity contribution in [1.82, 2.24) is 5.32 Å². The Morgan fingerprint density at radius 2 is 2.05 bits per heavy atom. The Morgan fingerprint density at radius 3 is 2.67 bits per heavy atom. The van der Waals surface area contributed by atoms with Crippen LogP contribution >= 0.6 is 11.3 Å². The van der Waals surface area contributed by atoms with Gasteiger partial charge in [0.05, 0.1) is 10.9 Å². The number of aromatic hydroxyl groups is 1. The van der Waals surface area contributed by atoms with E-state index in [1.165, 1.54) is 11.3 Å². The first kappa shape index (κ1) is 15.3. The van der Waals surface area contributed by atoms with E-state index in [0.717, 1.165) is 16.9 Å². The number of phenolic OH excluding ortho intramolecular Hbond substituents is 1. The van der Waals surface area contributed by atoms with Crippen LogP contribution in [-0.2, 0) is 11.2 Å². The van der Waals surface area contributed by atoms with E-state index in [1.807, 2.05) is 13.0 Å². The first-order valence-electron chi connectivity index (χ1n) is 6.74. The molecule has 1 atom stereocenters. The molecule has 4 nitrogen and oxygen atoms in total. The van der Waals surface area contributed by atoms with Crippen LogP contribution in [-0.4, -0.2) is 16.8 Å². The quantitative estimate of drug-likeness (QED) is 0.659. The zero-order chi connectivity index (χ0) is 15.4. The molecule has 2 aromatic rings. The number of carbonyl (C=O) groups excluding carboxylic acids is 2. The lowest BCUT2D eigenvalue weighted by molar-refractivity contribution is -0.117. The van der Waals surface area contributed by atoms with Gasteiger partial charge in [-0.05, 0) is 43.2 Å². The number of benzene rings is 1. The van der Waals surface area contributed by atoms with Gasteiger partial charge in [0.1, 0.15) is 5.75 Å². The van der Waals surface area contributed by atoms with Gasteiger partial charge in [-0.15, -0.1) is 11.3 Å². The second-order valence-corrected chi connectivity index (χ2v) is 5.91. The molecule has 1 aromatic carbocycles. The Hall–Kier alpha value is -2.14. The van der Waals surface area contributed by atoms with Crippen LogP contribution in [0.2, 0.25) is 0 Å². The Bertz CT molecular complexity index is 663. The van der Waals surface area contributed by atoms with Crippen molar-refractivity contribution in [3.8, 4) is 5.75 Å². The van der Waals surface area contributed by atoms with Crippen LogP contribution in [0.25, 0.3) is 0 Å². The van der Waals surface area contributed by atoms with Gasteiger partial charge in [-0.3, -0.25) is 9.59 Å².